The monoisotopic (exact) mass is 250 g/mol. The zero-order chi connectivity index (χ0) is 13.1. The van der Waals surface area contributed by atoms with Gasteiger partial charge < -0.3 is 10.2 Å². The second-order valence-corrected chi connectivity index (χ2v) is 3.31. The first kappa shape index (κ1) is 13.5. The van der Waals surface area contributed by atoms with Crippen LogP contribution in [0.1, 0.15) is 19.4 Å². The Morgan fingerprint density at radius 3 is 2.59 bits per heavy atom. The number of ether oxygens (including phenoxy) is 1. The van der Waals surface area contributed by atoms with Crippen molar-refractivity contribution in [3.63, 3.8) is 0 Å². The molecule has 96 valence electrons. The van der Waals surface area contributed by atoms with Crippen molar-refractivity contribution in [1.82, 2.24) is 9.97 Å². The highest BCUT2D eigenvalue weighted by molar-refractivity contribution is 5.47. The molecule has 0 aliphatic carbocycles. The normalized spacial score (nSPS) is 13.3. The second-order valence-electron chi connectivity index (χ2n) is 3.31. The number of alkyl halides is 3. The molecule has 1 aromatic heterocycles. The van der Waals surface area contributed by atoms with Crippen molar-refractivity contribution >= 4 is 5.82 Å². The van der Waals surface area contributed by atoms with Crippen molar-refractivity contribution in [2.24, 2.45) is 5.84 Å². The number of halogens is 3. The Balaban J connectivity index is 2.98. The van der Waals surface area contributed by atoms with E-state index in [1.54, 1.807) is 6.92 Å². The van der Waals surface area contributed by atoms with E-state index >= 15 is 0 Å². The highest BCUT2D eigenvalue weighted by Crippen LogP contribution is 2.28. The predicted octanol–water partition coefficient (Wildman–Crippen LogP) is 1.65. The van der Waals surface area contributed by atoms with Crippen LogP contribution >= 0.6 is 0 Å². The number of hydrogen-bond donors (Lipinski definition) is 2. The van der Waals surface area contributed by atoms with E-state index in [1.807, 2.05) is 0 Å². The summed E-state index contributed by atoms with van der Waals surface area (Å²) in [7, 11) is 0. The van der Waals surface area contributed by atoms with E-state index in [9.17, 15) is 13.2 Å². The molecule has 0 saturated carbocycles. The van der Waals surface area contributed by atoms with Crippen LogP contribution < -0.4 is 16.0 Å². The second kappa shape index (κ2) is 5.17. The van der Waals surface area contributed by atoms with Gasteiger partial charge in [-0.2, -0.15) is 13.2 Å². The summed E-state index contributed by atoms with van der Waals surface area (Å²) in [6.45, 7) is 2.65. The average molecular weight is 250 g/mol. The van der Waals surface area contributed by atoms with Crippen molar-refractivity contribution in [3.8, 4) is 5.88 Å². The molecule has 5 nitrogen and oxygen atoms in total. The molecular weight excluding hydrogens is 237 g/mol. The summed E-state index contributed by atoms with van der Waals surface area (Å²) in [4.78, 5) is 7.47. The summed E-state index contributed by atoms with van der Waals surface area (Å²) in [5.41, 5.74) is 2.69. The van der Waals surface area contributed by atoms with Crippen molar-refractivity contribution in [1.29, 1.82) is 0 Å². The van der Waals surface area contributed by atoms with Gasteiger partial charge >= 0.3 is 6.18 Å². The van der Waals surface area contributed by atoms with E-state index in [-0.39, 0.29) is 11.7 Å². The highest BCUT2D eigenvalue weighted by Gasteiger charge is 2.38. The van der Waals surface area contributed by atoms with Crippen molar-refractivity contribution in [3.05, 3.63) is 11.9 Å². The summed E-state index contributed by atoms with van der Waals surface area (Å²) < 4.78 is 41.8. The molecule has 0 aliphatic rings. The quantitative estimate of drug-likeness (QED) is 0.628. The molecule has 8 heteroatoms. The van der Waals surface area contributed by atoms with Gasteiger partial charge in [-0.05, 0) is 13.3 Å². The molecular formula is C9H13F3N4O. The molecule has 1 heterocycles. The topological polar surface area (TPSA) is 73.1 Å². The number of hydrogen-bond acceptors (Lipinski definition) is 5. The number of nitrogens with two attached hydrogens (primary N) is 1. The van der Waals surface area contributed by atoms with Crippen LogP contribution in [0.25, 0.3) is 0 Å². The largest absolute Gasteiger partial charge is 0.465 e. The average Bonchev–Trinajstić information content (AvgIpc) is 2.27. The zero-order valence-electron chi connectivity index (χ0n) is 9.38. The SMILES string of the molecule is CCc1c(NN)ncnc1OC(C)C(F)(F)F. The number of nitrogen functional groups attached to an aromatic ring is 1. The van der Waals surface area contributed by atoms with Crippen LogP contribution in [0.4, 0.5) is 19.0 Å². The predicted molar refractivity (Wildman–Crippen MR) is 55.4 cm³/mol. The Morgan fingerprint density at radius 1 is 1.47 bits per heavy atom. The number of aromatic nitrogens is 2. The molecule has 3 N–H and O–H groups in total. The highest BCUT2D eigenvalue weighted by atomic mass is 19.4. The van der Waals surface area contributed by atoms with E-state index in [4.69, 9.17) is 10.6 Å². The maximum atomic E-state index is 12.3. The third-order valence-electron chi connectivity index (χ3n) is 2.15. The van der Waals surface area contributed by atoms with Crippen molar-refractivity contribution < 1.29 is 17.9 Å². The molecule has 0 fully saturated rings. The molecule has 17 heavy (non-hydrogen) atoms. The van der Waals surface area contributed by atoms with Crippen LogP contribution in [0, 0.1) is 0 Å². The molecule has 0 radical (unpaired) electrons. The Morgan fingerprint density at radius 2 is 2.12 bits per heavy atom. The van der Waals surface area contributed by atoms with E-state index < -0.39 is 12.3 Å². The number of nitrogens with zero attached hydrogens (tertiary/aromatic N) is 2. The van der Waals surface area contributed by atoms with Gasteiger partial charge in [-0.25, -0.2) is 15.8 Å². The minimum Gasteiger partial charge on any atom is -0.465 e. The van der Waals surface area contributed by atoms with Crippen molar-refractivity contribution in [2.45, 2.75) is 32.5 Å². The molecule has 0 bridgehead atoms. The van der Waals surface area contributed by atoms with Crippen molar-refractivity contribution in [2.75, 3.05) is 5.43 Å². The van der Waals surface area contributed by atoms with Gasteiger partial charge in [0.05, 0.1) is 5.56 Å². The lowest BCUT2D eigenvalue weighted by atomic mass is 10.2. The Hall–Kier alpha value is -1.57. The third kappa shape index (κ3) is 3.19. The van der Waals surface area contributed by atoms with E-state index in [0.29, 0.717) is 12.0 Å². The zero-order valence-corrected chi connectivity index (χ0v) is 9.38. The van der Waals surface area contributed by atoms with Crippen LogP contribution in [-0.2, 0) is 6.42 Å². The van der Waals surface area contributed by atoms with Gasteiger partial charge in [-0.15, -0.1) is 0 Å². The molecule has 1 unspecified atom stereocenters. The van der Waals surface area contributed by atoms with Gasteiger partial charge in [0.15, 0.2) is 6.10 Å². The minimum atomic E-state index is -4.44. The lowest BCUT2D eigenvalue weighted by Gasteiger charge is -2.19. The number of hydrazine groups is 1. The van der Waals surface area contributed by atoms with Crippen LogP contribution in [0.2, 0.25) is 0 Å². The Bertz CT molecular complexity index is 383. The Labute approximate surface area is 96.2 Å². The molecule has 0 aliphatic heterocycles. The van der Waals surface area contributed by atoms with Gasteiger partial charge in [0.25, 0.3) is 0 Å². The maximum Gasteiger partial charge on any atom is 0.425 e. The number of anilines is 1. The summed E-state index contributed by atoms with van der Waals surface area (Å²) in [6.07, 6.45) is -4.88. The van der Waals surface area contributed by atoms with Gasteiger partial charge in [-0.1, -0.05) is 6.92 Å². The fourth-order valence-electron chi connectivity index (χ4n) is 1.18. The molecule has 0 saturated heterocycles. The van der Waals surface area contributed by atoms with Crippen LogP contribution in [-0.4, -0.2) is 22.2 Å². The van der Waals surface area contributed by atoms with Crippen LogP contribution in [0.3, 0.4) is 0 Å². The standard InChI is InChI=1S/C9H13F3N4O/c1-3-6-7(16-13)14-4-15-8(6)17-5(2)9(10,11)12/h4-5H,3,13H2,1-2H3,(H,14,15,16). The lowest BCUT2D eigenvalue weighted by Crippen LogP contribution is -2.32. The van der Waals surface area contributed by atoms with E-state index in [1.165, 1.54) is 0 Å². The first-order valence-electron chi connectivity index (χ1n) is 4.94. The molecule has 1 aromatic rings. The van der Waals surface area contributed by atoms with Gasteiger partial charge in [0.1, 0.15) is 12.1 Å². The van der Waals surface area contributed by atoms with E-state index in [2.05, 4.69) is 15.4 Å². The summed E-state index contributed by atoms with van der Waals surface area (Å²) in [5, 5.41) is 0. The number of rotatable bonds is 4. The summed E-state index contributed by atoms with van der Waals surface area (Å²) in [5.74, 6) is 5.34. The summed E-state index contributed by atoms with van der Waals surface area (Å²) >= 11 is 0. The lowest BCUT2D eigenvalue weighted by molar-refractivity contribution is -0.190. The third-order valence-corrected chi connectivity index (χ3v) is 2.15. The fraction of sp³-hybridized carbons (Fsp3) is 0.556. The Kier molecular flexibility index (Phi) is 4.11. The minimum absolute atomic E-state index is 0.111. The molecule has 0 amide bonds. The van der Waals surface area contributed by atoms with Gasteiger partial charge in [0.2, 0.25) is 5.88 Å². The number of nitrogens with one attached hydrogen (secondary N) is 1. The first-order chi connectivity index (χ1) is 7.90. The smallest absolute Gasteiger partial charge is 0.425 e. The van der Waals surface area contributed by atoms with Gasteiger partial charge in [-0.3, -0.25) is 0 Å². The van der Waals surface area contributed by atoms with Gasteiger partial charge in [0, 0.05) is 0 Å². The molecule has 0 aromatic carbocycles. The first-order valence-corrected chi connectivity index (χ1v) is 4.94. The molecule has 1 rings (SSSR count). The summed E-state index contributed by atoms with van der Waals surface area (Å²) in [6, 6.07) is 0. The molecule has 0 spiro atoms. The van der Waals surface area contributed by atoms with Crippen LogP contribution in [0.15, 0.2) is 6.33 Å². The van der Waals surface area contributed by atoms with E-state index in [0.717, 1.165) is 13.3 Å². The fourth-order valence-corrected chi connectivity index (χ4v) is 1.18. The molecule has 1 atom stereocenters. The van der Waals surface area contributed by atoms with Crippen LogP contribution in [0.5, 0.6) is 5.88 Å². The maximum absolute atomic E-state index is 12.3.